The Hall–Kier alpha value is -2.00. The first-order valence-electron chi connectivity index (χ1n) is 23.5. The van der Waals surface area contributed by atoms with Crippen LogP contribution in [0.3, 0.4) is 0 Å². The zero-order chi connectivity index (χ0) is 40.5. The number of hydrogen-bond donors (Lipinski definition) is 0. The van der Waals surface area contributed by atoms with Gasteiger partial charge in [-0.15, -0.1) is 4.79 Å². The molecular weight excluding hydrogens is 771 g/mol. The fourth-order valence-electron chi connectivity index (χ4n) is 7.00. The van der Waals surface area contributed by atoms with Crippen LogP contribution >= 0.6 is 0 Å². The summed E-state index contributed by atoms with van der Waals surface area (Å²) in [5.41, 5.74) is 16.9. The molecule has 2 aromatic rings. The molecule has 0 saturated heterocycles. The molecule has 0 amide bonds. The van der Waals surface area contributed by atoms with Gasteiger partial charge in [0.2, 0.25) is 0 Å². The van der Waals surface area contributed by atoms with E-state index in [1.165, 1.54) is 187 Å². The van der Waals surface area contributed by atoms with Gasteiger partial charge >= 0.3 is 20.4 Å². The van der Waals surface area contributed by atoms with Crippen LogP contribution in [0.15, 0.2) is 60.2 Å². The van der Waals surface area contributed by atoms with Crippen LogP contribution in [0.25, 0.3) is 11.1 Å². The number of nitrogens with zero attached hydrogens (tertiary/aromatic N) is 2. The van der Waals surface area contributed by atoms with Crippen LogP contribution in [0.4, 0.5) is 0 Å². The molecule has 0 aliphatic carbocycles. The van der Waals surface area contributed by atoms with Gasteiger partial charge in [0.05, 0.1) is 6.08 Å². The van der Waals surface area contributed by atoms with Crippen molar-refractivity contribution in [2.24, 2.45) is 0 Å². The molecule has 0 radical (unpaired) electrons. The smallest absolute Gasteiger partial charge is 0.348 e. The van der Waals surface area contributed by atoms with E-state index in [0.29, 0.717) is 0 Å². The van der Waals surface area contributed by atoms with Gasteiger partial charge in [0.15, 0.2) is 0 Å². The Morgan fingerprint density at radius 1 is 0.518 bits per heavy atom. The minimum Gasteiger partial charge on any atom is -0.348 e. The number of unbranched alkanes of at least 4 members (excludes halogenated alkanes) is 22. The van der Waals surface area contributed by atoms with Crippen molar-refractivity contribution in [3.8, 4) is 0 Å². The quantitative estimate of drug-likeness (QED) is 0.0138. The minimum absolute atomic E-state index is 0. The van der Waals surface area contributed by atoms with E-state index in [2.05, 4.69) is 108 Å². The van der Waals surface area contributed by atoms with E-state index in [9.17, 15) is 0 Å². The normalized spacial score (nSPS) is 10.8. The second-order valence-electron chi connectivity index (χ2n) is 15.7. The molecule has 320 valence electrons. The molecule has 0 bridgehead atoms. The molecule has 0 saturated carbocycles. The number of benzene rings is 2. The SMILES string of the molecule is CCCCCCCCc1cccc(C(=C(C=C=[N+]=[N-])CCCCC)c2cccc(CCCC)c2)c1.[CH2-]CCCCCCCCC.[CH2-]CCCCCCCCC.[Pd+2]. The first kappa shape index (κ1) is 56.1. The first-order valence-corrected chi connectivity index (χ1v) is 23.5. The first-order chi connectivity index (χ1) is 27.1. The maximum absolute atomic E-state index is 9.13. The van der Waals surface area contributed by atoms with Crippen LogP contribution in [-0.4, -0.2) is 10.7 Å². The molecule has 2 nitrogen and oxygen atoms in total. The van der Waals surface area contributed by atoms with E-state index >= 15 is 0 Å². The third-order valence-corrected chi connectivity index (χ3v) is 10.4. The van der Waals surface area contributed by atoms with Crippen molar-refractivity contribution >= 4 is 11.4 Å². The number of allylic oxidation sites excluding steroid dienone is 2. The van der Waals surface area contributed by atoms with Gasteiger partial charge in [-0.05, 0) is 71.9 Å². The maximum atomic E-state index is 9.13. The van der Waals surface area contributed by atoms with E-state index in [4.69, 9.17) is 5.53 Å². The van der Waals surface area contributed by atoms with E-state index in [-0.39, 0.29) is 20.4 Å². The van der Waals surface area contributed by atoms with Gasteiger partial charge in [0.25, 0.3) is 5.87 Å². The summed E-state index contributed by atoms with van der Waals surface area (Å²) in [7, 11) is 0. The van der Waals surface area contributed by atoms with Gasteiger partial charge in [0, 0.05) is 0 Å². The summed E-state index contributed by atoms with van der Waals surface area (Å²) in [6, 6.07) is 18.1. The molecular formula is C53H88N2Pd. The zero-order valence-electron chi connectivity index (χ0n) is 37.5. The van der Waals surface area contributed by atoms with Gasteiger partial charge in [-0.2, -0.15) is 12.8 Å². The number of aryl methyl sites for hydroxylation is 2. The Morgan fingerprint density at radius 2 is 0.893 bits per heavy atom. The molecule has 0 N–H and O–H groups in total. The molecule has 0 spiro atoms. The summed E-state index contributed by atoms with van der Waals surface area (Å²) < 4.78 is 0. The van der Waals surface area contributed by atoms with E-state index in [1.807, 2.05) is 6.08 Å². The van der Waals surface area contributed by atoms with Crippen molar-refractivity contribution in [2.75, 3.05) is 0 Å². The molecule has 0 aliphatic heterocycles. The summed E-state index contributed by atoms with van der Waals surface area (Å²) in [6.45, 7) is 18.9. The third kappa shape index (κ3) is 32.0. The molecule has 0 atom stereocenters. The number of hydrogen-bond acceptors (Lipinski definition) is 0. The third-order valence-electron chi connectivity index (χ3n) is 10.4. The fourth-order valence-corrected chi connectivity index (χ4v) is 7.00. The van der Waals surface area contributed by atoms with Crippen molar-refractivity contribution in [1.82, 2.24) is 0 Å². The van der Waals surface area contributed by atoms with Crippen LogP contribution < -0.4 is 0 Å². The molecule has 2 aromatic carbocycles. The van der Waals surface area contributed by atoms with Crippen LogP contribution in [0.1, 0.15) is 237 Å². The molecule has 56 heavy (non-hydrogen) atoms. The zero-order valence-corrected chi connectivity index (χ0v) is 39.1. The maximum Gasteiger partial charge on any atom is 2.00 e. The summed E-state index contributed by atoms with van der Waals surface area (Å²) >= 11 is 0. The Kier molecular flexibility index (Phi) is 44.2. The molecule has 3 heteroatoms. The molecule has 0 aliphatic rings. The van der Waals surface area contributed by atoms with E-state index in [0.717, 1.165) is 38.5 Å². The van der Waals surface area contributed by atoms with Crippen molar-refractivity contribution in [3.05, 3.63) is 102 Å². The topological polar surface area (TPSA) is 36.4 Å². The standard InChI is InChI=1S/C33H46N2.2C10H21.Pd/c1-4-7-10-11-12-14-18-29-20-16-23-32(27-29)33(30(24-25-35-34)21-13-8-5-2)31-22-15-19-28(26-31)17-9-6-3;2*1-3-5-7-9-10-8-6-4-2;/h15-16,19-20,22-24,26-27H,4-14,17-18,21H2,1-3H3;2*1,3-10H2,2H3;/q;2*-1;+2. The largest absolute Gasteiger partial charge is 2.00 e. The molecule has 0 fully saturated rings. The summed E-state index contributed by atoms with van der Waals surface area (Å²) in [5, 5.41) is 0. The van der Waals surface area contributed by atoms with E-state index in [1.54, 1.807) is 0 Å². The van der Waals surface area contributed by atoms with Crippen LogP contribution in [0.5, 0.6) is 0 Å². The monoisotopic (exact) mass is 859 g/mol. The van der Waals surface area contributed by atoms with Gasteiger partial charge in [-0.25, -0.2) is 0 Å². The average Bonchev–Trinajstić information content (AvgIpc) is 3.21. The van der Waals surface area contributed by atoms with Gasteiger partial charge in [-0.1, -0.05) is 224 Å². The second kappa shape index (κ2) is 44.1. The molecule has 2 rings (SSSR count). The molecule has 0 heterocycles. The van der Waals surface area contributed by atoms with Gasteiger partial charge in [0.1, 0.15) is 0 Å². The Balaban J connectivity index is 0. The second-order valence-corrected chi connectivity index (χ2v) is 15.7. The predicted molar refractivity (Wildman–Crippen MR) is 248 cm³/mol. The van der Waals surface area contributed by atoms with Gasteiger partial charge < -0.3 is 19.4 Å². The Morgan fingerprint density at radius 3 is 1.30 bits per heavy atom. The molecule has 0 unspecified atom stereocenters. The Bertz CT molecular complexity index is 1220. The van der Waals surface area contributed by atoms with Crippen LogP contribution in [0.2, 0.25) is 0 Å². The summed E-state index contributed by atoms with van der Waals surface area (Å²) in [6.07, 6.45) is 40.7. The Labute approximate surface area is 363 Å². The summed E-state index contributed by atoms with van der Waals surface area (Å²) in [5.74, 6) is 2.72. The summed E-state index contributed by atoms with van der Waals surface area (Å²) in [4.78, 5) is 3.18. The fraction of sp³-hybridized carbons (Fsp3) is 0.660. The van der Waals surface area contributed by atoms with Crippen molar-refractivity contribution in [3.63, 3.8) is 0 Å². The van der Waals surface area contributed by atoms with Crippen molar-refractivity contribution in [2.45, 2.75) is 227 Å². The van der Waals surface area contributed by atoms with Crippen LogP contribution in [0, 0.1) is 13.8 Å². The molecule has 0 aromatic heterocycles. The van der Waals surface area contributed by atoms with Crippen molar-refractivity contribution in [1.29, 1.82) is 0 Å². The van der Waals surface area contributed by atoms with Crippen LogP contribution in [-0.2, 0) is 33.3 Å². The number of rotatable bonds is 31. The average molecular weight is 860 g/mol. The van der Waals surface area contributed by atoms with Gasteiger partial charge in [-0.3, -0.25) is 0 Å². The minimum atomic E-state index is 0. The predicted octanol–water partition coefficient (Wildman–Crippen LogP) is 17.7. The van der Waals surface area contributed by atoms with E-state index < -0.39 is 0 Å². The van der Waals surface area contributed by atoms with Crippen molar-refractivity contribution < 1.29 is 25.2 Å².